The molecule has 0 radical (unpaired) electrons. The number of furan rings is 1. The van der Waals surface area contributed by atoms with Crippen molar-refractivity contribution in [2.24, 2.45) is 0 Å². The van der Waals surface area contributed by atoms with Gasteiger partial charge >= 0.3 is 0 Å². The van der Waals surface area contributed by atoms with Gasteiger partial charge in [-0.25, -0.2) is 13.4 Å². The third-order valence-electron chi connectivity index (χ3n) is 5.46. The van der Waals surface area contributed by atoms with Crippen LogP contribution < -0.4 is 14.2 Å². The van der Waals surface area contributed by atoms with Crippen LogP contribution in [-0.4, -0.2) is 52.7 Å². The standard InChI is InChI=1S/C23H24ClN5O6S/c1-13-11-12-18(35-13)22-26-27-23(29(22)20-16(33-3)8-6-9-17(20)34-4)28-36(31,32)14(2)21(30)15-7-5-10-19(24)25-15/h5-12,14,21,30H,1-4H3,(H,27,28). The minimum Gasteiger partial charge on any atom is -0.494 e. The van der Waals surface area contributed by atoms with Gasteiger partial charge in [0, 0.05) is 0 Å². The highest BCUT2D eigenvalue weighted by Crippen LogP contribution is 2.38. The monoisotopic (exact) mass is 533 g/mol. The van der Waals surface area contributed by atoms with E-state index in [1.165, 1.54) is 37.8 Å². The number of pyridine rings is 1. The second-order valence-electron chi connectivity index (χ2n) is 7.79. The maximum Gasteiger partial charge on any atom is 0.243 e. The molecule has 0 spiro atoms. The number of hydrogen-bond donors (Lipinski definition) is 2. The molecule has 0 saturated carbocycles. The fourth-order valence-corrected chi connectivity index (χ4v) is 4.77. The number of aliphatic hydroxyl groups is 1. The third-order valence-corrected chi connectivity index (χ3v) is 7.37. The number of aliphatic hydroxyl groups excluding tert-OH is 1. The summed E-state index contributed by atoms with van der Waals surface area (Å²) >= 11 is 5.90. The molecule has 3 aromatic heterocycles. The molecule has 2 N–H and O–H groups in total. The Balaban J connectivity index is 1.82. The average molecular weight is 534 g/mol. The Morgan fingerprint density at radius 1 is 1.06 bits per heavy atom. The molecule has 4 rings (SSSR count). The topological polar surface area (TPSA) is 142 Å². The van der Waals surface area contributed by atoms with Crippen molar-refractivity contribution in [2.45, 2.75) is 25.2 Å². The largest absolute Gasteiger partial charge is 0.494 e. The van der Waals surface area contributed by atoms with Gasteiger partial charge < -0.3 is 19.0 Å². The summed E-state index contributed by atoms with van der Waals surface area (Å²) in [4.78, 5) is 4.02. The van der Waals surface area contributed by atoms with Gasteiger partial charge in [-0.1, -0.05) is 23.7 Å². The van der Waals surface area contributed by atoms with Crippen LogP contribution in [0, 0.1) is 6.92 Å². The van der Waals surface area contributed by atoms with Crippen LogP contribution in [0.4, 0.5) is 5.95 Å². The summed E-state index contributed by atoms with van der Waals surface area (Å²) in [7, 11) is -1.28. The molecule has 190 valence electrons. The fourth-order valence-electron chi connectivity index (χ4n) is 3.55. The number of rotatable bonds is 9. The number of ether oxygens (including phenoxy) is 2. The first-order chi connectivity index (χ1) is 17.2. The molecule has 36 heavy (non-hydrogen) atoms. The van der Waals surface area contributed by atoms with E-state index in [4.69, 9.17) is 25.5 Å². The Morgan fingerprint density at radius 3 is 2.31 bits per heavy atom. The van der Waals surface area contributed by atoms with Crippen LogP contribution in [0.3, 0.4) is 0 Å². The lowest BCUT2D eigenvalue weighted by atomic mass is 10.2. The Hall–Kier alpha value is -3.61. The second-order valence-corrected chi connectivity index (χ2v) is 10.2. The molecule has 0 amide bonds. The molecule has 0 fully saturated rings. The van der Waals surface area contributed by atoms with E-state index >= 15 is 0 Å². The van der Waals surface area contributed by atoms with Crippen LogP contribution in [0.25, 0.3) is 17.3 Å². The van der Waals surface area contributed by atoms with E-state index in [1.807, 2.05) is 0 Å². The lowest BCUT2D eigenvalue weighted by Crippen LogP contribution is -2.32. The molecule has 1 aromatic carbocycles. The molecule has 0 saturated heterocycles. The summed E-state index contributed by atoms with van der Waals surface area (Å²) in [6.45, 7) is 3.11. The van der Waals surface area contributed by atoms with Crippen molar-refractivity contribution in [3.05, 3.63) is 65.1 Å². The van der Waals surface area contributed by atoms with Crippen LogP contribution in [0.1, 0.15) is 24.5 Å². The Morgan fingerprint density at radius 2 is 1.72 bits per heavy atom. The smallest absolute Gasteiger partial charge is 0.243 e. The molecular weight excluding hydrogens is 510 g/mol. The first-order valence-electron chi connectivity index (χ1n) is 10.7. The van der Waals surface area contributed by atoms with Gasteiger partial charge in [0.25, 0.3) is 0 Å². The molecule has 0 aliphatic heterocycles. The molecule has 0 aliphatic carbocycles. The van der Waals surface area contributed by atoms with Gasteiger partial charge in [-0.3, -0.25) is 9.29 Å². The zero-order valence-electron chi connectivity index (χ0n) is 19.8. The number of aryl methyl sites for hydroxylation is 1. The number of nitrogens with one attached hydrogen (secondary N) is 1. The van der Waals surface area contributed by atoms with Gasteiger partial charge in [0.2, 0.25) is 21.8 Å². The average Bonchev–Trinajstić information content (AvgIpc) is 3.47. The summed E-state index contributed by atoms with van der Waals surface area (Å²) in [6, 6.07) is 13.1. The Labute approximate surface area is 212 Å². The number of aromatic nitrogens is 4. The summed E-state index contributed by atoms with van der Waals surface area (Å²) in [5.74, 6) is 1.74. The molecule has 3 heterocycles. The number of hydrogen-bond acceptors (Lipinski definition) is 9. The first-order valence-corrected chi connectivity index (χ1v) is 12.6. The van der Waals surface area contributed by atoms with Crippen LogP contribution in [-0.2, 0) is 10.0 Å². The minimum atomic E-state index is -4.23. The highest BCUT2D eigenvalue weighted by molar-refractivity contribution is 7.93. The zero-order chi connectivity index (χ0) is 26.0. The lowest BCUT2D eigenvalue weighted by molar-refractivity contribution is 0.171. The molecular formula is C23H24ClN5O6S. The highest BCUT2D eigenvalue weighted by Gasteiger charge is 2.33. The van der Waals surface area contributed by atoms with Crippen LogP contribution in [0.2, 0.25) is 5.15 Å². The number of nitrogens with zero attached hydrogens (tertiary/aromatic N) is 4. The maximum absolute atomic E-state index is 13.3. The summed E-state index contributed by atoms with van der Waals surface area (Å²) in [6.07, 6.45) is -1.47. The van der Waals surface area contributed by atoms with Gasteiger partial charge in [-0.15, -0.1) is 10.2 Å². The van der Waals surface area contributed by atoms with E-state index in [1.54, 1.807) is 43.3 Å². The molecule has 0 bridgehead atoms. The molecule has 2 atom stereocenters. The van der Waals surface area contributed by atoms with E-state index in [2.05, 4.69) is 19.9 Å². The number of benzene rings is 1. The van der Waals surface area contributed by atoms with Gasteiger partial charge in [-0.2, -0.15) is 0 Å². The van der Waals surface area contributed by atoms with Crippen molar-refractivity contribution in [3.8, 4) is 28.8 Å². The van der Waals surface area contributed by atoms with E-state index < -0.39 is 21.4 Å². The van der Waals surface area contributed by atoms with E-state index in [-0.39, 0.29) is 22.6 Å². The molecule has 13 heteroatoms. The van der Waals surface area contributed by atoms with Crippen LogP contribution in [0.15, 0.2) is 52.9 Å². The number of anilines is 1. The molecule has 11 nitrogen and oxygen atoms in total. The molecule has 4 aromatic rings. The fraction of sp³-hybridized carbons (Fsp3) is 0.261. The van der Waals surface area contributed by atoms with E-state index in [9.17, 15) is 13.5 Å². The second kappa shape index (κ2) is 10.2. The van der Waals surface area contributed by atoms with Gasteiger partial charge in [0.05, 0.1) is 19.9 Å². The van der Waals surface area contributed by atoms with Gasteiger partial charge in [0.15, 0.2) is 5.76 Å². The predicted octanol–water partition coefficient (Wildman–Crippen LogP) is 3.77. The number of para-hydroxylation sites is 1. The van der Waals surface area contributed by atoms with Crippen molar-refractivity contribution in [3.63, 3.8) is 0 Å². The Kier molecular flexibility index (Phi) is 7.20. The Bertz CT molecular complexity index is 1460. The summed E-state index contributed by atoms with van der Waals surface area (Å²) < 4.78 is 47.3. The quantitative estimate of drug-likeness (QED) is 0.307. The first kappa shape index (κ1) is 25.5. The molecule has 0 aliphatic rings. The molecule has 2 unspecified atom stereocenters. The number of methoxy groups -OCH3 is 2. The third kappa shape index (κ3) is 4.87. The van der Waals surface area contributed by atoms with Crippen molar-refractivity contribution in [2.75, 3.05) is 18.9 Å². The van der Waals surface area contributed by atoms with Crippen molar-refractivity contribution in [1.29, 1.82) is 0 Å². The SMILES string of the molecule is COc1cccc(OC)c1-n1c(NS(=O)(=O)C(C)C(O)c2cccc(Cl)n2)nnc1-c1ccc(C)o1. The minimum absolute atomic E-state index is 0.111. The number of halogens is 1. The maximum atomic E-state index is 13.3. The predicted molar refractivity (Wildman–Crippen MR) is 133 cm³/mol. The van der Waals surface area contributed by atoms with E-state index in [0.29, 0.717) is 28.7 Å². The normalized spacial score (nSPS) is 13.3. The van der Waals surface area contributed by atoms with Gasteiger partial charge in [0.1, 0.15) is 39.5 Å². The van der Waals surface area contributed by atoms with Crippen molar-refractivity contribution in [1.82, 2.24) is 19.7 Å². The summed E-state index contributed by atoms with van der Waals surface area (Å²) in [5, 5.41) is 17.8. The van der Waals surface area contributed by atoms with Crippen molar-refractivity contribution < 1.29 is 27.4 Å². The van der Waals surface area contributed by atoms with Crippen LogP contribution >= 0.6 is 11.6 Å². The summed E-state index contributed by atoms with van der Waals surface area (Å²) in [5.41, 5.74) is 0.457. The van der Waals surface area contributed by atoms with E-state index in [0.717, 1.165) is 0 Å². The highest BCUT2D eigenvalue weighted by atomic mass is 35.5. The number of sulfonamides is 1. The van der Waals surface area contributed by atoms with Crippen LogP contribution in [0.5, 0.6) is 11.5 Å². The lowest BCUT2D eigenvalue weighted by Gasteiger charge is -2.21. The van der Waals surface area contributed by atoms with Gasteiger partial charge in [-0.05, 0) is 50.2 Å². The zero-order valence-corrected chi connectivity index (χ0v) is 21.4. The van der Waals surface area contributed by atoms with Crippen molar-refractivity contribution >= 4 is 27.6 Å².